The first kappa shape index (κ1) is 26.4. The average Bonchev–Trinajstić information content (AvgIpc) is 2.94. The molecule has 0 atom stereocenters. The highest BCUT2D eigenvalue weighted by Gasteiger charge is 2.23. The van der Waals surface area contributed by atoms with Crippen molar-refractivity contribution in [1.82, 2.24) is 20.2 Å². The number of carbonyl (C=O) groups is 1. The van der Waals surface area contributed by atoms with Crippen LogP contribution in [0.3, 0.4) is 0 Å². The van der Waals surface area contributed by atoms with Crippen molar-refractivity contribution in [2.75, 3.05) is 12.4 Å². The predicted octanol–water partition coefficient (Wildman–Crippen LogP) is 6.76. The van der Waals surface area contributed by atoms with E-state index < -0.39 is 17.5 Å². The molecular weight excluding hydrogens is 516 g/mol. The van der Waals surface area contributed by atoms with Crippen LogP contribution in [0.15, 0.2) is 73.6 Å². The highest BCUT2D eigenvalue weighted by atomic mass is 19.1. The van der Waals surface area contributed by atoms with E-state index in [1.807, 2.05) is 13.0 Å². The largest absolute Gasteiger partial charge is 0.493 e. The van der Waals surface area contributed by atoms with Crippen molar-refractivity contribution in [1.29, 1.82) is 0 Å². The molecule has 0 aliphatic rings. The number of amides is 1. The zero-order valence-corrected chi connectivity index (χ0v) is 21.8. The van der Waals surface area contributed by atoms with E-state index in [1.165, 1.54) is 31.4 Å². The number of aromatic nitrogens is 4. The first-order valence-corrected chi connectivity index (χ1v) is 12.1. The Labute approximate surface area is 228 Å². The lowest BCUT2D eigenvalue weighted by atomic mass is 10.0. The van der Waals surface area contributed by atoms with Crippen LogP contribution in [0.1, 0.15) is 28.7 Å². The van der Waals surface area contributed by atoms with Crippen LogP contribution in [0, 0.1) is 18.6 Å². The van der Waals surface area contributed by atoms with Gasteiger partial charge in [0.05, 0.1) is 18.3 Å². The van der Waals surface area contributed by atoms with E-state index in [4.69, 9.17) is 9.47 Å². The summed E-state index contributed by atoms with van der Waals surface area (Å²) in [7, 11) is 1.39. The molecule has 0 spiro atoms. The summed E-state index contributed by atoms with van der Waals surface area (Å²) in [5.74, 6) is -1.37. The van der Waals surface area contributed by atoms with E-state index in [0.29, 0.717) is 33.6 Å². The quantitative estimate of drug-likeness (QED) is 0.244. The highest BCUT2D eigenvalue weighted by Crippen LogP contribution is 2.35. The molecule has 3 aromatic heterocycles. The molecule has 10 heteroatoms. The lowest BCUT2D eigenvalue weighted by Gasteiger charge is -2.15. The average molecular weight is 540 g/mol. The van der Waals surface area contributed by atoms with Crippen molar-refractivity contribution < 1.29 is 23.0 Å². The Balaban J connectivity index is 1.40. The maximum absolute atomic E-state index is 15.1. The number of allylic oxidation sites excluding steroid dienone is 1. The molecule has 0 saturated carbocycles. The number of hydrogen-bond donors (Lipinski definition) is 1. The Morgan fingerprint density at radius 3 is 2.45 bits per heavy atom. The fourth-order valence-corrected chi connectivity index (χ4v) is 4.10. The summed E-state index contributed by atoms with van der Waals surface area (Å²) in [5, 5.41) is 10.7. The number of benzene rings is 2. The molecular formula is C30H23F2N5O3. The number of aryl methyl sites for hydroxylation is 1. The molecule has 1 N–H and O–H groups in total. The fraction of sp³-hybridized carbons (Fsp3) is 0.100. The highest BCUT2D eigenvalue weighted by molar-refractivity contribution is 6.06. The van der Waals surface area contributed by atoms with Crippen LogP contribution in [0.4, 0.5) is 14.5 Å². The number of carbonyl (C=O) groups excluding carboxylic acids is 1. The van der Waals surface area contributed by atoms with E-state index in [9.17, 15) is 9.18 Å². The third kappa shape index (κ3) is 5.19. The van der Waals surface area contributed by atoms with E-state index >= 15 is 4.39 Å². The van der Waals surface area contributed by atoms with E-state index in [2.05, 4.69) is 32.1 Å². The summed E-state index contributed by atoms with van der Waals surface area (Å²) in [6.07, 6.45) is 3.20. The number of anilines is 1. The van der Waals surface area contributed by atoms with Crippen LogP contribution >= 0.6 is 0 Å². The molecule has 0 aliphatic carbocycles. The smallest absolute Gasteiger partial charge is 0.280 e. The minimum atomic E-state index is -0.713. The van der Waals surface area contributed by atoms with Crippen LogP contribution in [-0.4, -0.2) is 33.2 Å². The van der Waals surface area contributed by atoms with Crippen molar-refractivity contribution in [2.45, 2.75) is 13.8 Å². The molecule has 1 amide bonds. The van der Waals surface area contributed by atoms with E-state index in [1.54, 1.807) is 37.5 Å². The van der Waals surface area contributed by atoms with Gasteiger partial charge in [-0.2, -0.15) is 5.10 Å². The molecule has 2 aromatic carbocycles. The summed E-state index contributed by atoms with van der Waals surface area (Å²) < 4.78 is 39.8. The maximum Gasteiger partial charge on any atom is 0.280 e. The first-order chi connectivity index (χ1) is 19.2. The second-order valence-corrected chi connectivity index (χ2v) is 8.93. The van der Waals surface area contributed by atoms with Crippen LogP contribution in [0.25, 0.3) is 27.7 Å². The summed E-state index contributed by atoms with van der Waals surface area (Å²) in [5.41, 5.74) is 4.34. The van der Waals surface area contributed by atoms with Gasteiger partial charge in [0.2, 0.25) is 0 Å². The van der Waals surface area contributed by atoms with Crippen LogP contribution < -0.4 is 14.8 Å². The number of rotatable bonds is 7. The number of halogens is 2. The third-order valence-corrected chi connectivity index (χ3v) is 6.10. The molecule has 0 aliphatic heterocycles. The van der Waals surface area contributed by atoms with Gasteiger partial charge in [0, 0.05) is 35.8 Å². The van der Waals surface area contributed by atoms with Gasteiger partial charge in [0.15, 0.2) is 28.8 Å². The molecule has 0 saturated heterocycles. The van der Waals surface area contributed by atoms with Crippen LogP contribution in [-0.2, 0) is 0 Å². The molecule has 0 fully saturated rings. The lowest BCUT2D eigenvalue weighted by molar-refractivity contribution is 0.101. The minimum Gasteiger partial charge on any atom is -0.493 e. The van der Waals surface area contributed by atoms with Gasteiger partial charge in [0.1, 0.15) is 11.3 Å². The number of hydrogen-bond acceptors (Lipinski definition) is 7. The molecule has 40 heavy (non-hydrogen) atoms. The number of nitrogens with one attached hydrogen (secondary N) is 1. The predicted molar refractivity (Wildman–Crippen MR) is 147 cm³/mol. The normalized spacial score (nSPS) is 10.8. The molecule has 0 bridgehead atoms. The van der Waals surface area contributed by atoms with Crippen LogP contribution in [0.5, 0.6) is 17.2 Å². The first-order valence-electron chi connectivity index (χ1n) is 12.1. The molecule has 8 nitrogen and oxygen atoms in total. The van der Waals surface area contributed by atoms with E-state index in [-0.39, 0.29) is 22.9 Å². The second-order valence-electron chi connectivity index (χ2n) is 8.93. The number of ether oxygens (including phenoxy) is 2. The fourth-order valence-electron chi connectivity index (χ4n) is 4.10. The zero-order valence-electron chi connectivity index (χ0n) is 21.8. The number of methoxy groups -OCH3 is 1. The lowest BCUT2D eigenvalue weighted by Crippen LogP contribution is -2.17. The van der Waals surface area contributed by atoms with Gasteiger partial charge in [-0.25, -0.2) is 8.78 Å². The summed E-state index contributed by atoms with van der Waals surface area (Å²) >= 11 is 0. The molecule has 0 unspecified atom stereocenters. The van der Waals surface area contributed by atoms with Gasteiger partial charge >= 0.3 is 0 Å². The number of pyridine rings is 2. The maximum atomic E-state index is 15.1. The Morgan fingerprint density at radius 1 is 0.975 bits per heavy atom. The van der Waals surface area contributed by atoms with Crippen LogP contribution in [0.2, 0.25) is 0 Å². The Hall–Kier alpha value is -5.25. The summed E-state index contributed by atoms with van der Waals surface area (Å²) in [6, 6.07) is 13.1. The zero-order chi connectivity index (χ0) is 28.4. The molecule has 200 valence electrons. The monoisotopic (exact) mass is 539 g/mol. The van der Waals surface area contributed by atoms with Crippen molar-refractivity contribution >= 4 is 28.2 Å². The molecule has 5 rings (SSSR count). The SMILES string of the molecule is C=C(C)c1cnc2c(Oc3ccc(NC(=O)c4nnc(C)c(-c5ccc(F)cc5)c4OC)cc3F)ccnc2c1. The van der Waals surface area contributed by atoms with Crippen molar-refractivity contribution in [2.24, 2.45) is 0 Å². The van der Waals surface area contributed by atoms with Crippen molar-refractivity contribution in [3.05, 3.63) is 102 Å². The van der Waals surface area contributed by atoms with Crippen molar-refractivity contribution in [3.8, 4) is 28.4 Å². The third-order valence-electron chi connectivity index (χ3n) is 6.10. The van der Waals surface area contributed by atoms with Crippen molar-refractivity contribution in [3.63, 3.8) is 0 Å². The summed E-state index contributed by atoms with van der Waals surface area (Å²) in [4.78, 5) is 21.8. The standard InChI is InChI=1S/C30H23F2N5O3/c1-16(2)19-13-23-27(34-15-19)25(11-12-33-23)40-24-10-9-21(14-22(24)32)35-30(38)28-29(39-4)26(17(3)36-37-28)18-5-7-20(31)8-6-18/h5-15H,1H2,2-4H3,(H,35,38). The molecule has 3 heterocycles. The van der Waals surface area contributed by atoms with Gasteiger partial charge in [0.25, 0.3) is 5.91 Å². The van der Waals surface area contributed by atoms with Gasteiger partial charge in [-0.1, -0.05) is 18.7 Å². The van der Waals surface area contributed by atoms with E-state index in [0.717, 1.165) is 17.2 Å². The molecule has 0 radical (unpaired) electrons. The Morgan fingerprint density at radius 2 is 1.75 bits per heavy atom. The number of fused-ring (bicyclic) bond motifs is 1. The van der Waals surface area contributed by atoms with Gasteiger partial charge in [-0.3, -0.25) is 14.8 Å². The summed E-state index contributed by atoms with van der Waals surface area (Å²) in [6.45, 7) is 7.48. The number of nitrogens with zero attached hydrogens (tertiary/aromatic N) is 4. The second kappa shape index (κ2) is 10.9. The van der Waals surface area contributed by atoms with Gasteiger partial charge in [-0.15, -0.1) is 5.10 Å². The Kier molecular flexibility index (Phi) is 7.15. The topological polar surface area (TPSA) is 99.1 Å². The Bertz CT molecular complexity index is 1770. The minimum absolute atomic E-state index is 0.0671. The van der Waals surface area contributed by atoms with Gasteiger partial charge in [-0.05, 0) is 60.9 Å². The van der Waals surface area contributed by atoms with Gasteiger partial charge < -0.3 is 14.8 Å². The molecule has 5 aromatic rings.